The summed E-state index contributed by atoms with van der Waals surface area (Å²) in [4.78, 5) is 22.6. The average Bonchev–Trinajstić information content (AvgIpc) is 2.47. The van der Waals surface area contributed by atoms with Crippen LogP contribution >= 0.6 is 0 Å². The molecule has 0 amide bonds. The fourth-order valence-electron chi connectivity index (χ4n) is 2.25. The molecule has 0 saturated heterocycles. The van der Waals surface area contributed by atoms with Crippen molar-refractivity contribution >= 4 is 16.7 Å². The van der Waals surface area contributed by atoms with E-state index in [1.165, 1.54) is 12.1 Å². The minimum atomic E-state index is -0.781. The number of hydrogen-bond donors (Lipinski definition) is 3. The maximum Gasteiger partial charge on any atom is 0.311 e. The maximum atomic E-state index is 12.5. The van der Waals surface area contributed by atoms with Gasteiger partial charge in [0.2, 0.25) is 5.43 Å². The van der Waals surface area contributed by atoms with Gasteiger partial charge in [0, 0.05) is 18.2 Å². The summed E-state index contributed by atoms with van der Waals surface area (Å²) in [5.74, 6) is -1.27. The van der Waals surface area contributed by atoms with E-state index in [2.05, 4.69) is 0 Å². The van der Waals surface area contributed by atoms with Crippen molar-refractivity contribution in [3.63, 3.8) is 0 Å². The number of fused-ring (bicyclic) bond motifs is 1. The molecule has 3 rings (SSSR count). The van der Waals surface area contributed by atoms with E-state index in [1.54, 1.807) is 0 Å². The van der Waals surface area contributed by atoms with Crippen LogP contribution in [0, 0.1) is 10.1 Å². The van der Waals surface area contributed by atoms with Gasteiger partial charge in [-0.05, 0) is 17.7 Å². The standard InChI is InChI=1S/C15H9NO7/c17-8-4-12(19)14-13(5-8)23-6-9(15(14)20)7-1-2-11(18)10(3-7)16(21)22/h1-6,17-19H. The Kier molecular flexibility index (Phi) is 3.14. The van der Waals surface area contributed by atoms with Crippen molar-refractivity contribution in [3.05, 3.63) is 56.9 Å². The smallest absolute Gasteiger partial charge is 0.311 e. The molecule has 0 aliphatic rings. The van der Waals surface area contributed by atoms with Crippen LogP contribution in [-0.2, 0) is 0 Å². The number of benzene rings is 2. The molecular weight excluding hydrogens is 306 g/mol. The number of nitro groups is 1. The fraction of sp³-hybridized carbons (Fsp3) is 0. The largest absolute Gasteiger partial charge is 0.508 e. The van der Waals surface area contributed by atoms with Gasteiger partial charge in [0.1, 0.15) is 28.7 Å². The SMILES string of the molecule is O=c1c(-c2ccc(O)c([N+](=O)[O-])c2)coc2cc(O)cc(O)c12. The van der Waals surface area contributed by atoms with E-state index < -0.39 is 27.5 Å². The van der Waals surface area contributed by atoms with Crippen LogP contribution < -0.4 is 5.43 Å². The van der Waals surface area contributed by atoms with Crippen LogP contribution in [0.5, 0.6) is 17.2 Å². The summed E-state index contributed by atoms with van der Waals surface area (Å²) in [5.41, 5.74) is -1.08. The quantitative estimate of drug-likeness (QED) is 0.488. The van der Waals surface area contributed by atoms with Crippen LogP contribution in [0.4, 0.5) is 5.69 Å². The number of aromatic hydroxyl groups is 3. The first-order valence-corrected chi connectivity index (χ1v) is 6.33. The topological polar surface area (TPSA) is 134 Å². The second-order valence-electron chi connectivity index (χ2n) is 4.78. The van der Waals surface area contributed by atoms with Gasteiger partial charge in [-0.3, -0.25) is 14.9 Å². The summed E-state index contributed by atoms with van der Waals surface area (Å²) in [6, 6.07) is 5.60. The summed E-state index contributed by atoms with van der Waals surface area (Å²) < 4.78 is 5.22. The van der Waals surface area contributed by atoms with Gasteiger partial charge in [0.25, 0.3) is 0 Å². The van der Waals surface area contributed by atoms with Gasteiger partial charge in [-0.2, -0.15) is 0 Å². The molecule has 116 valence electrons. The van der Waals surface area contributed by atoms with Gasteiger partial charge in [-0.15, -0.1) is 0 Å². The van der Waals surface area contributed by atoms with E-state index in [4.69, 9.17) is 4.42 Å². The molecule has 8 nitrogen and oxygen atoms in total. The molecule has 3 aromatic rings. The highest BCUT2D eigenvalue weighted by Crippen LogP contribution is 2.33. The van der Waals surface area contributed by atoms with E-state index in [0.717, 1.165) is 24.5 Å². The zero-order chi connectivity index (χ0) is 16.7. The molecule has 3 N–H and O–H groups in total. The van der Waals surface area contributed by atoms with Crippen molar-refractivity contribution in [2.24, 2.45) is 0 Å². The third-order valence-corrected chi connectivity index (χ3v) is 3.32. The van der Waals surface area contributed by atoms with Crippen LogP contribution in [0.1, 0.15) is 0 Å². The van der Waals surface area contributed by atoms with E-state index in [9.17, 15) is 30.2 Å². The molecule has 23 heavy (non-hydrogen) atoms. The van der Waals surface area contributed by atoms with E-state index in [1.807, 2.05) is 0 Å². The van der Waals surface area contributed by atoms with Gasteiger partial charge in [-0.25, -0.2) is 0 Å². The first kappa shape index (κ1) is 14.4. The number of rotatable bonds is 2. The lowest BCUT2D eigenvalue weighted by molar-refractivity contribution is -0.385. The second kappa shape index (κ2) is 5.02. The molecule has 2 aromatic carbocycles. The molecule has 8 heteroatoms. The Morgan fingerprint density at radius 1 is 1.04 bits per heavy atom. The lowest BCUT2D eigenvalue weighted by Crippen LogP contribution is -2.05. The van der Waals surface area contributed by atoms with E-state index in [0.29, 0.717) is 0 Å². The van der Waals surface area contributed by atoms with Crippen LogP contribution in [-0.4, -0.2) is 20.2 Å². The molecule has 0 fully saturated rings. The zero-order valence-corrected chi connectivity index (χ0v) is 11.4. The molecule has 0 aliphatic carbocycles. The molecule has 0 atom stereocenters. The first-order valence-electron chi connectivity index (χ1n) is 6.33. The van der Waals surface area contributed by atoms with Gasteiger partial charge >= 0.3 is 5.69 Å². The lowest BCUT2D eigenvalue weighted by Gasteiger charge is -2.05. The number of nitrogens with zero attached hydrogens (tertiary/aromatic N) is 1. The maximum absolute atomic E-state index is 12.5. The molecule has 1 heterocycles. The summed E-state index contributed by atoms with van der Waals surface area (Å²) in [6.07, 6.45) is 1.07. The Labute approximate surface area is 127 Å². The molecule has 0 saturated carbocycles. The van der Waals surface area contributed by atoms with Crippen molar-refractivity contribution in [1.29, 1.82) is 0 Å². The Hall–Kier alpha value is -3.55. The second-order valence-corrected chi connectivity index (χ2v) is 4.78. The van der Waals surface area contributed by atoms with Crippen LogP contribution in [0.3, 0.4) is 0 Å². The molecule has 1 aromatic heterocycles. The molecular formula is C15H9NO7. The highest BCUT2D eigenvalue weighted by molar-refractivity contribution is 5.88. The Balaban J connectivity index is 2.30. The third kappa shape index (κ3) is 2.31. The molecule has 0 unspecified atom stereocenters. The first-order chi connectivity index (χ1) is 10.9. The predicted molar refractivity (Wildman–Crippen MR) is 79.6 cm³/mol. The van der Waals surface area contributed by atoms with Crippen LogP contribution in [0.25, 0.3) is 22.1 Å². The Morgan fingerprint density at radius 3 is 2.48 bits per heavy atom. The monoisotopic (exact) mass is 315 g/mol. The number of hydrogen-bond acceptors (Lipinski definition) is 7. The van der Waals surface area contributed by atoms with Gasteiger partial charge in [0.15, 0.2) is 5.75 Å². The highest BCUT2D eigenvalue weighted by atomic mass is 16.6. The van der Waals surface area contributed by atoms with E-state index >= 15 is 0 Å². The zero-order valence-electron chi connectivity index (χ0n) is 11.4. The molecule has 0 aliphatic heterocycles. The van der Waals surface area contributed by atoms with Crippen molar-refractivity contribution in [2.75, 3.05) is 0 Å². The number of nitro benzene ring substituents is 1. The molecule has 0 spiro atoms. The van der Waals surface area contributed by atoms with Crippen molar-refractivity contribution in [3.8, 4) is 28.4 Å². The molecule has 0 bridgehead atoms. The van der Waals surface area contributed by atoms with E-state index in [-0.39, 0.29) is 27.8 Å². The highest BCUT2D eigenvalue weighted by Gasteiger charge is 2.18. The average molecular weight is 315 g/mol. The van der Waals surface area contributed by atoms with Crippen LogP contribution in [0.15, 0.2) is 45.8 Å². The van der Waals surface area contributed by atoms with Crippen molar-refractivity contribution in [1.82, 2.24) is 0 Å². The Bertz CT molecular complexity index is 1010. The normalized spacial score (nSPS) is 10.8. The minimum Gasteiger partial charge on any atom is -0.508 e. The van der Waals surface area contributed by atoms with Crippen LogP contribution in [0.2, 0.25) is 0 Å². The molecule has 0 radical (unpaired) electrons. The number of phenolic OH excluding ortho intramolecular Hbond substituents is 3. The van der Waals surface area contributed by atoms with Crippen molar-refractivity contribution < 1.29 is 24.7 Å². The lowest BCUT2D eigenvalue weighted by atomic mass is 10.0. The van der Waals surface area contributed by atoms with Crippen molar-refractivity contribution in [2.45, 2.75) is 0 Å². The minimum absolute atomic E-state index is 0.0236. The predicted octanol–water partition coefficient (Wildman–Crippen LogP) is 2.48. The Morgan fingerprint density at radius 2 is 1.78 bits per heavy atom. The fourth-order valence-corrected chi connectivity index (χ4v) is 2.25. The summed E-state index contributed by atoms with van der Waals surface area (Å²) in [5, 5.41) is 39.4. The van der Waals surface area contributed by atoms with Gasteiger partial charge in [-0.1, -0.05) is 0 Å². The number of phenols is 3. The van der Waals surface area contributed by atoms with Gasteiger partial charge < -0.3 is 19.7 Å². The third-order valence-electron chi connectivity index (χ3n) is 3.32. The summed E-state index contributed by atoms with van der Waals surface area (Å²) in [7, 11) is 0. The summed E-state index contributed by atoms with van der Waals surface area (Å²) >= 11 is 0. The summed E-state index contributed by atoms with van der Waals surface area (Å²) in [6.45, 7) is 0. The van der Waals surface area contributed by atoms with Gasteiger partial charge in [0.05, 0.1) is 10.5 Å².